The van der Waals surface area contributed by atoms with Crippen LogP contribution in [0, 0.1) is 11.8 Å². The number of rotatable bonds is 5. The van der Waals surface area contributed by atoms with E-state index >= 15 is 0 Å². The standard InChI is InChI=1S/C13H16N2O3S/c16-9-1-2-11-3-5-12(6-4-11)10-14-19(17,18)15-13-7-8-13/h3-6,13-16H,7-10H2. The van der Waals surface area contributed by atoms with E-state index in [0.29, 0.717) is 0 Å². The van der Waals surface area contributed by atoms with Crippen LogP contribution in [0.15, 0.2) is 24.3 Å². The highest BCUT2D eigenvalue weighted by Gasteiger charge is 2.26. The van der Waals surface area contributed by atoms with E-state index in [2.05, 4.69) is 21.3 Å². The first-order valence-electron chi connectivity index (χ1n) is 6.05. The second-order valence-electron chi connectivity index (χ2n) is 4.37. The predicted octanol–water partition coefficient (Wildman–Crippen LogP) is 0.117. The van der Waals surface area contributed by atoms with Crippen molar-refractivity contribution in [2.45, 2.75) is 25.4 Å². The van der Waals surface area contributed by atoms with Gasteiger partial charge in [-0.25, -0.2) is 0 Å². The lowest BCUT2D eigenvalue weighted by atomic mass is 10.1. The molecule has 102 valence electrons. The van der Waals surface area contributed by atoms with E-state index in [1.165, 1.54) is 0 Å². The lowest BCUT2D eigenvalue weighted by Crippen LogP contribution is -2.37. The molecule has 1 aromatic carbocycles. The molecule has 0 atom stereocenters. The molecule has 0 aromatic heterocycles. The molecule has 19 heavy (non-hydrogen) atoms. The van der Waals surface area contributed by atoms with Crippen LogP contribution in [0.25, 0.3) is 0 Å². The van der Waals surface area contributed by atoms with Gasteiger partial charge >= 0.3 is 0 Å². The van der Waals surface area contributed by atoms with Crippen LogP contribution in [-0.2, 0) is 16.8 Å². The Morgan fingerprint density at radius 3 is 2.53 bits per heavy atom. The summed E-state index contributed by atoms with van der Waals surface area (Å²) < 4.78 is 28.2. The Morgan fingerprint density at radius 1 is 1.26 bits per heavy atom. The van der Waals surface area contributed by atoms with Crippen molar-refractivity contribution in [1.82, 2.24) is 9.44 Å². The Morgan fingerprint density at radius 2 is 1.95 bits per heavy atom. The summed E-state index contributed by atoms with van der Waals surface area (Å²) in [6, 6.07) is 7.30. The molecule has 1 aliphatic carbocycles. The average molecular weight is 280 g/mol. The Balaban J connectivity index is 1.88. The number of nitrogens with one attached hydrogen (secondary N) is 2. The van der Waals surface area contributed by atoms with Gasteiger partial charge in [0.05, 0.1) is 0 Å². The zero-order valence-electron chi connectivity index (χ0n) is 10.4. The monoisotopic (exact) mass is 280 g/mol. The third-order valence-corrected chi connectivity index (χ3v) is 3.80. The quantitative estimate of drug-likeness (QED) is 0.670. The summed E-state index contributed by atoms with van der Waals surface area (Å²) in [4.78, 5) is 0. The summed E-state index contributed by atoms with van der Waals surface area (Å²) in [5, 5.41) is 8.58. The van der Waals surface area contributed by atoms with Crippen LogP contribution in [0.2, 0.25) is 0 Å². The molecule has 0 amide bonds. The van der Waals surface area contributed by atoms with E-state index in [4.69, 9.17) is 5.11 Å². The molecule has 5 nitrogen and oxygen atoms in total. The summed E-state index contributed by atoms with van der Waals surface area (Å²) in [7, 11) is -3.40. The zero-order chi connectivity index (χ0) is 13.7. The second kappa shape index (κ2) is 6.17. The first kappa shape index (κ1) is 14.0. The van der Waals surface area contributed by atoms with Crippen molar-refractivity contribution < 1.29 is 13.5 Å². The van der Waals surface area contributed by atoms with Crippen LogP contribution >= 0.6 is 0 Å². The number of benzene rings is 1. The van der Waals surface area contributed by atoms with E-state index in [1.807, 2.05) is 0 Å². The fourth-order valence-electron chi connectivity index (χ4n) is 1.49. The van der Waals surface area contributed by atoms with Gasteiger partial charge in [-0.1, -0.05) is 24.0 Å². The molecular formula is C13H16N2O3S. The van der Waals surface area contributed by atoms with Crippen LogP contribution in [0.3, 0.4) is 0 Å². The molecule has 0 bridgehead atoms. The Kier molecular flexibility index (Phi) is 4.56. The number of hydrogen-bond acceptors (Lipinski definition) is 3. The maximum Gasteiger partial charge on any atom is 0.277 e. The fraction of sp³-hybridized carbons (Fsp3) is 0.385. The van der Waals surface area contributed by atoms with E-state index in [1.54, 1.807) is 24.3 Å². The normalized spacial score (nSPS) is 14.8. The minimum atomic E-state index is -3.40. The van der Waals surface area contributed by atoms with Crippen molar-refractivity contribution in [2.75, 3.05) is 6.61 Å². The molecule has 0 radical (unpaired) electrons. The Labute approximate surface area is 113 Å². The molecule has 0 unspecified atom stereocenters. The van der Waals surface area contributed by atoms with Gasteiger partial charge in [0, 0.05) is 18.2 Å². The molecular weight excluding hydrogens is 264 g/mol. The highest BCUT2D eigenvalue weighted by Crippen LogP contribution is 2.19. The lowest BCUT2D eigenvalue weighted by molar-refractivity contribution is 0.350. The van der Waals surface area contributed by atoms with Crippen molar-refractivity contribution in [3.8, 4) is 11.8 Å². The van der Waals surface area contributed by atoms with Crippen molar-refractivity contribution in [3.05, 3.63) is 35.4 Å². The number of aliphatic hydroxyl groups excluding tert-OH is 1. The first-order valence-corrected chi connectivity index (χ1v) is 7.53. The third kappa shape index (κ3) is 5.01. The van der Waals surface area contributed by atoms with E-state index in [9.17, 15) is 8.42 Å². The first-order chi connectivity index (χ1) is 9.09. The summed E-state index contributed by atoms with van der Waals surface area (Å²) >= 11 is 0. The van der Waals surface area contributed by atoms with Gasteiger partial charge in [0.2, 0.25) is 0 Å². The maximum atomic E-state index is 11.6. The fourth-order valence-corrected chi connectivity index (χ4v) is 2.60. The molecule has 1 saturated carbocycles. The highest BCUT2D eigenvalue weighted by molar-refractivity contribution is 7.87. The van der Waals surface area contributed by atoms with Gasteiger partial charge in [-0.3, -0.25) is 0 Å². The maximum absolute atomic E-state index is 11.6. The summed E-state index contributed by atoms with van der Waals surface area (Å²) in [5.74, 6) is 5.33. The molecule has 0 spiro atoms. The molecule has 3 N–H and O–H groups in total. The van der Waals surface area contributed by atoms with Crippen LogP contribution in [0.1, 0.15) is 24.0 Å². The van der Waals surface area contributed by atoms with Gasteiger partial charge in [0.25, 0.3) is 10.2 Å². The summed E-state index contributed by atoms with van der Waals surface area (Å²) in [6.45, 7) is 0.0736. The van der Waals surface area contributed by atoms with Crippen LogP contribution < -0.4 is 9.44 Å². The Bertz CT molecular complexity index is 581. The van der Waals surface area contributed by atoms with Gasteiger partial charge in [-0.2, -0.15) is 17.9 Å². The third-order valence-electron chi connectivity index (χ3n) is 2.63. The molecule has 6 heteroatoms. The predicted molar refractivity (Wildman–Crippen MR) is 72.3 cm³/mol. The second-order valence-corrected chi connectivity index (χ2v) is 5.90. The highest BCUT2D eigenvalue weighted by atomic mass is 32.2. The van der Waals surface area contributed by atoms with Gasteiger partial charge in [0.1, 0.15) is 6.61 Å². The van der Waals surface area contributed by atoms with E-state index < -0.39 is 10.2 Å². The number of aliphatic hydroxyl groups is 1. The number of hydrogen-bond donors (Lipinski definition) is 3. The molecule has 0 saturated heterocycles. The molecule has 1 fully saturated rings. The Hall–Kier alpha value is -1.39. The topological polar surface area (TPSA) is 78.4 Å². The van der Waals surface area contributed by atoms with Crippen LogP contribution in [-0.4, -0.2) is 26.2 Å². The summed E-state index contributed by atoms with van der Waals surface area (Å²) in [6.07, 6.45) is 1.83. The molecule has 1 aliphatic rings. The molecule has 0 aliphatic heterocycles. The largest absolute Gasteiger partial charge is 0.384 e. The van der Waals surface area contributed by atoms with Crippen molar-refractivity contribution in [3.63, 3.8) is 0 Å². The summed E-state index contributed by atoms with van der Waals surface area (Å²) in [5.41, 5.74) is 1.65. The molecule has 0 heterocycles. The molecule has 2 rings (SSSR count). The SMILES string of the molecule is O=S(=O)(NCc1ccc(C#CCO)cc1)NC1CC1. The lowest BCUT2D eigenvalue weighted by Gasteiger charge is -2.07. The van der Waals surface area contributed by atoms with Crippen LogP contribution in [0.5, 0.6) is 0 Å². The van der Waals surface area contributed by atoms with Crippen molar-refractivity contribution in [1.29, 1.82) is 0 Å². The van der Waals surface area contributed by atoms with Crippen molar-refractivity contribution >= 4 is 10.2 Å². The smallest absolute Gasteiger partial charge is 0.277 e. The van der Waals surface area contributed by atoms with Crippen LogP contribution in [0.4, 0.5) is 0 Å². The van der Waals surface area contributed by atoms with Gasteiger partial charge in [-0.15, -0.1) is 0 Å². The van der Waals surface area contributed by atoms with Crippen molar-refractivity contribution in [2.24, 2.45) is 0 Å². The van der Waals surface area contributed by atoms with Gasteiger partial charge in [0.15, 0.2) is 0 Å². The van der Waals surface area contributed by atoms with E-state index in [-0.39, 0.29) is 19.2 Å². The van der Waals surface area contributed by atoms with E-state index in [0.717, 1.165) is 24.0 Å². The van der Waals surface area contributed by atoms with Gasteiger partial charge in [-0.05, 0) is 30.5 Å². The van der Waals surface area contributed by atoms with Gasteiger partial charge < -0.3 is 5.11 Å². The zero-order valence-corrected chi connectivity index (χ0v) is 11.2. The minimum Gasteiger partial charge on any atom is -0.384 e. The minimum absolute atomic E-state index is 0.105. The molecule has 1 aromatic rings. The average Bonchev–Trinajstić information content (AvgIpc) is 3.18.